The molecule has 1 saturated heterocycles. The topological polar surface area (TPSA) is 151 Å². The summed E-state index contributed by atoms with van der Waals surface area (Å²) in [5, 5.41) is 8.12. The van der Waals surface area contributed by atoms with Gasteiger partial charge in [0.2, 0.25) is 0 Å². The number of nitrogens with zero attached hydrogens (tertiary/aromatic N) is 8. The van der Waals surface area contributed by atoms with Gasteiger partial charge in [0.15, 0.2) is 5.82 Å². The summed E-state index contributed by atoms with van der Waals surface area (Å²) in [6.45, 7) is 1.85. The molecule has 13 nitrogen and oxygen atoms in total. The Kier molecular flexibility index (Phi) is 8.79. The molecule has 1 fully saturated rings. The van der Waals surface area contributed by atoms with Gasteiger partial charge < -0.3 is 18.9 Å². The van der Waals surface area contributed by atoms with E-state index in [4.69, 9.17) is 18.9 Å². The summed E-state index contributed by atoms with van der Waals surface area (Å²) in [5.41, 5.74) is 11.1. The number of ether oxygens (including phenoxy) is 4. The predicted octanol–water partition coefficient (Wildman–Crippen LogP) is 5.12. The van der Waals surface area contributed by atoms with Gasteiger partial charge in [0.05, 0.1) is 33.0 Å². The number of aromatic nitrogens is 5. The molecular weight excluding hydrogens is 588 g/mol. The second kappa shape index (κ2) is 13.2. The molecule has 0 N–H and O–H groups in total. The third kappa shape index (κ3) is 5.82. The van der Waals surface area contributed by atoms with Gasteiger partial charge in [0.25, 0.3) is 0 Å². The van der Waals surface area contributed by atoms with Crippen LogP contribution in [-0.2, 0) is 15.1 Å². The van der Waals surface area contributed by atoms with Crippen molar-refractivity contribution in [1.82, 2.24) is 24.3 Å². The van der Waals surface area contributed by atoms with E-state index in [1.54, 1.807) is 20.4 Å². The Morgan fingerprint density at radius 3 is 2.17 bits per heavy atom. The van der Waals surface area contributed by atoms with Gasteiger partial charge in [-0.1, -0.05) is 59.7 Å². The van der Waals surface area contributed by atoms with E-state index in [2.05, 4.69) is 25.1 Å². The van der Waals surface area contributed by atoms with Crippen LogP contribution in [0.5, 0.6) is 11.5 Å². The largest absolute Gasteiger partial charge is 0.497 e. The Morgan fingerprint density at radius 2 is 1.61 bits per heavy atom. The fraction of sp³-hybridized carbons (Fsp3) is 0.273. The molecule has 0 unspecified atom stereocenters. The Balaban J connectivity index is 1.38. The van der Waals surface area contributed by atoms with E-state index in [1.807, 2.05) is 85.8 Å². The lowest BCUT2D eigenvalue weighted by atomic mass is 9.80. The van der Waals surface area contributed by atoms with E-state index < -0.39 is 29.7 Å². The normalized spacial score (nSPS) is 17.8. The predicted molar refractivity (Wildman–Crippen MR) is 168 cm³/mol. The minimum atomic E-state index is -1.10. The highest BCUT2D eigenvalue weighted by Crippen LogP contribution is 2.43. The van der Waals surface area contributed by atoms with Crippen molar-refractivity contribution in [3.63, 3.8) is 0 Å². The van der Waals surface area contributed by atoms with Crippen molar-refractivity contribution in [2.75, 3.05) is 20.8 Å². The number of benzene rings is 3. The van der Waals surface area contributed by atoms with Crippen molar-refractivity contribution < 1.29 is 18.9 Å². The Bertz CT molecular complexity index is 1830. The van der Waals surface area contributed by atoms with Crippen molar-refractivity contribution in [2.24, 2.45) is 5.11 Å². The summed E-state index contributed by atoms with van der Waals surface area (Å²) >= 11 is 0. The Morgan fingerprint density at radius 1 is 0.978 bits per heavy atom. The van der Waals surface area contributed by atoms with Gasteiger partial charge in [-0.2, -0.15) is 10.1 Å². The third-order valence-electron chi connectivity index (χ3n) is 8.10. The molecule has 0 aliphatic carbocycles. The van der Waals surface area contributed by atoms with Gasteiger partial charge in [-0.25, -0.2) is 14.5 Å². The highest BCUT2D eigenvalue weighted by molar-refractivity contribution is 5.49. The van der Waals surface area contributed by atoms with E-state index >= 15 is 0 Å². The van der Waals surface area contributed by atoms with Gasteiger partial charge in [0.1, 0.15) is 36.0 Å². The molecule has 1 aliphatic rings. The SMILES string of the molecule is COc1ccc(C(OC[C@H]2O[C@@H](n3cc(C)c(-n4cncn4)nc3=O)C[C@@H]2N=[N+]=[N-])(c2ccccc2)c2ccc(OC)cc2)cc1. The van der Waals surface area contributed by atoms with Crippen LogP contribution in [0.3, 0.4) is 0 Å². The first-order chi connectivity index (χ1) is 22.5. The summed E-state index contributed by atoms with van der Waals surface area (Å²) < 4.78 is 27.1. The molecule has 3 heterocycles. The summed E-state index contributed by atoms with van der Waals surface area (Å²) in [6.07, 6.45) is 3.35. The van der Waals surface area contributed by atoms with Crippen molar-refractivity contribution in [2.45, 2.75) is 37.3 Å². The monoisotopic (exact) mass is 620 g/mol. The van der Waals surface area contributed by atoms with Gasteiger partial charge in [-0.3, -0.25) is 4.57 Å². The number of hydrogen-bond donors (Lipinski definition) is 0. The third-order valence-corrected chi connectivity index (χ3v) is 8.10. The van der Waals surface area contributed by atoms with Crippen molar-refractivity contribution in [1.29, 1.82) is 0 Å². The number of rotatable bonds is 11. The zero-order valence-electron chi connectivity index (χ0n) is 25.5. The molecule has 0 bridgehead atoms. The Hall–Kier alpha value is -5.49. The molecule has 13 heteroatoms. The van der Waals surface area contributed by atoms with Crippen LogP contribution in [0, 0.1) is 6.92 Å². The number of hydrogen-bond acceptors (Lipinski definition) is 9. The standard InChI is InChI=1S/C33H32N8O5/c1-22-18-40(32(42)37-31(22)41-21-35-20-36-41)30-17-28(38-39-34)29(46-30)19-45-33(23-7-5-4-6-8-23,24-9-13-26(43-2)14-10-24)25-11-15-27(44-3)16-12-25/h4-16,18,20-21,28-30H,17,19H2,1-3H3/t28-,29+,30+/m0/s1. The second-order valence-electron chi connectivity index (χ2n) is 10.7. The molecule has 5 aromatic rings. The van der Waals surface area contributed by atoms with E-state index in [1.165, 1.54) is 21.9 Å². The maximum absolute atomic E-state index is 13.2. The smallest absolute Gasteiger partial charge is 0.351 e. The summed E-state index contributed by atoms with van der Waals surface area (Å²) in [4.78, 5) is 24.4. The maximum Gasteiger partial charge on any atom is 0.351 e. The van der Waals surface area contributed by atoms with Crippen LogP contribution >= 0.6 is 0 Å². The first-order valence-corrected chi connectivity index (χ1v) is 14.6. The maximum atomic E-state index is 13.2. The summed E-state index contributed by atoms with van der Waals surface area (Å²) in [5.74, 6) is 1.78. The fourth-order valence-electron chi connectivity index (χ4n) is 5.82. The van der Waals surface area contributed by atoms with E-state index in [0.29, 0.717) is 22.9 Å². The zero-order valence-corrected chi connectivity index (χ0v) is 25.5. The lowest BCUT2D eigenvalue weighted by Crippen LogP contribution is -2.37. The van der Waals surface area contributed by atoms with Gasteiger partial charge >= 0.3 is 5.69 Å². The van der Waals surface area contributed by atoms with Gasteiger partial charge in [0, 0.05) is 23.1 Å². The van der Waals surface area contributed by atoms with Gasteiger partial charge in [-0.05, 0) is 53.4 Å². The van der Waals surface area contributed by atoms with Crippen LogP contribution in [0.1, 0.15) is 34.9 Å². The molecule has 0 saturated carbocycles. The van der Waals surface area contributed by atoms with Crippen molar-refractivity contribution >= 4 is 0 Å². The van der Waals surface area contributed by atoms with Crippen LogP contribution in [0.4, 0.5) is 0 Å². The molecule has 2 aromatic heterocycles. The molecule has 0 amide bonds. The average Bonchev–Trinajstić information content (AvgIpc) is 3.78. The highest BCUT2D eigenvalue weighted by atomic mass is 16.6. The molecule has 3 atom stereocenters. The molecule has 234 valence electrons. The van der Waals surface area contributed by atoms with Crippen molar-refractivity contribution in [3.05, 3.63) is 141 Å². The first kappa shape index (κ1) is 30.5. The molecule has 0 spiro atoms. The van der Waals surface area contributed by atoms with E-state index in [-0.39, 0.29) is 13.0 Å². The van der Waals surface area contributed by atoms with Crippen LogP contribution in [0.2, 0.25) is 0 Å². The zero-order chi connectivity index (χ0) is 32.1. The molecule has 3 aromatic carbocycles. The van der Waals surface area contributed by atoms with Crippen LogP contribution in [0.25, 0.3) is 16.3 Å². The molecule has 6 rings (SSSR count). The summed E-state index contributed by atoms with van der Waals surface area (Å²) in [7, 11) is 3.24. The lowest BCUT2D eigenvalue weighted by molar-refractivity contribution is -0.0796. The second-order valence-corrected chi connectivity index (χ2v) is 10.7. The number of aryl methyl sites for hydroxylation is 1. The average molecular weight is 621 g/mol. The summed E-state index contributed by atoms with van der Waals surface area (Å²) in [6, 6.07) is 24.6. The lowest BCUT2D eigenvalue weighted by Gasteiger charge is -2.37. The molecule has 1 aliphatic heterocycles. The highest BCUT2D eigenvalue weighted by Gasteiger charge is 2.42. The van der Waals surface area contributed by atoms with Crippen molar-refractivity contribution in [3.8, 4) is 17.3 Å². The number of azide groups is 1. The first-order valence-electron chi connectivity index (χ1n) is 14.6. The minimum Gasteiger partial charge on any atom is -0.497 e. The van der Waals surface area contributed by atoms with Crippen LogP contribution < -0.4 is 15.2 Å². The van der Waals surface area contributed by atoms with E-state index in [9.17, 15) is 10.3 Å². The van der Waals surface area contributed by atoms with Crippen LogP contribution in [0.15, 0.2) is 108 Å². The minimum absolute atomic E-state index is 0.0331. The van der Waals surface area contributed by atoms with Crippen LogP contribution in [-0.4, -0.2) is 57.3 Å². The molecule has 46 heavy (non-hydrogen) atoms. The van der Waals surface area contributed by atoms with E-state index in [0.717, 1.165) is 16.7 Å². The molecule has 0 radical (unpaired) electrons. The number of methoxy groups -OCH3 is 2. The quantitative estimate of drug-likeness (QED) is 0.0854. The Labute approximate surface area is 264 Å². The molecular formula is C33H32N8O5. The fourth-order valence-corrected chi connectivity index (χ4v) is 5.82. The van der Waals surface area contributed by atoms with Gasteiger partial charge in [-0.15, -0.1) is 0 Å².